The molecule has 0 saturated heterocycles. The van der Waals surface area contributed by atoms with Crippen molar-refractivity contribution in [1.82, 2.24) is 15.0 Å². The maximum absolute atomic E-state index is 10.5. The normalized spacial score (nSPS) is 13.2. The topological polar surface area (TPSA) is 159 Å². The summed E-state index contributed by atoms with van der Waals surface area (Å²) < 4.78 is 16.5. The Labute approximate surface area is 246 Å². The fourth-order valence-corrected chi connectivity index (χ4v) is 4.59. The molecule has 224 valence electrons. The average Bonchev–Trinajstić information content (AvgIpc) is 3.46. The molecule has 0 spiro atoms. The third-order valence-electron chi connectivity index (χ3n) is 6.59. The van der Waals surface area contributed by atoms with Crippen LogP contribution in [0.25, 0.3) is 11.1 Å². The first-order chi connectivity index (χ1) is 20.0. The Morgan fingerprint density at radius 2 is 1.88 bits per heavy atom. The van der Waals surface area contributed by atoms with Gasteiger partial charge in [-0.1, -0.05) is 55.5 Å². The molecule has 0 bridgehead atoms. The highest BCUT2D eigenvalue weighted by atomic mass is 16.7. The summed E-state index contributed by atoms with van der Waals surface area (Å²) in [5.74, 6) is 13.8. The predicted molar refractivity (Wildman–Crippen MR) is 161 cm³/mol. The molecule has 1 aliphatic rings. The van der Waals surface area contributed by atoms with Crippen LogP contribution in [0.15, 0.2) is 77.7 Å². The minimum atomic E-state index is -0.968. The Kier molecular flexibility index (Phi) is 10.9. The number of nitrogens with two attached hydrogens (primary N) is 2. The van der Waals surface area contributed by atoms with Gasteiger partial charge in [-0.15, -0.1) is 0 Å². The smallest absolute Gasteiger partial charge is 0.293 e. The number of hydrazine groups is 1. The number of rotatable bonds is 10. The number of hydrogen-bond acceptors (Lipinski definition) is 9. The second-order valence-electron chi connectivity index (χ2n) is 10.2. The number of nitrogens with zero attached hydrogens (tertiary/aromatic N) is 3. The van der Waals surface area contributed by atoms with Gasteiger partial charge in [0, 0.05) is 24.2 Å². The van der Waals surface area contributed by atoms with Crippen molar-refractivity contribution in [1.29, 1.82) is 0 Å². The fraction of sp³-hybridized carbons (Fsp3) is 0.323. The van der Waals surface area contributed by atoms with E-state index in [-0.39, 0.29) is 12.6 Å². The van der Waals surface area contributed by atoms with Crippen LogP contribution in [-0.2, 0) is 37.6 Å². The zero-order valence-corrected chi connectivity index (χ0v) is 24.8. The number of allylic oxidation sites excluding steroid dienone is 1. The van der Waals surface area contributed by atoms with E-state index >= 15 is 0 Å². The number of nitrogens with one attached hydrogen (secondary N) is 1. The number of carbonyl (C=O) groups excluding carboxylic acids is 1. The quantitative estimate of drug-likeness (QED) is 0.0917. The maximum atomic E-state index is 10.5. The summed E-state index contributed by atoms with van der Waals surface area (Å²) in [5, 5.41) is 14.3. The first kappa shape index (κ1) is 31.9. The molecular formula is C31H40N6O5. The number of carbonyl (C=O) groups is 1. The second-order valence-corrected chi connectivity index (χ2v) is 10.2. The summed E-state index contributed by atoms with van der Waals surface area (Å²) in [6, 6.07) is 16.2. The van der Waals surface area contributed by atoms with Gasteiger partial charge in [-0.2, -0.15) is 5.10 Å². The number of ether oxygens (including phenoxy) is 3. The van der Waals surface area contributed by atoms with Gasteiger partial charge in [0.25, 0.3) is 12.4 Å². The number of hydrazone groups is 1. The van der Waals surface area contributed by atoms with Crippen LogP contribution in [0.4, 0.5) is 0 Å². The second kappa shape index (κ2) is 14.3. The molecule has 6 N–H and O–H groups in total. The fourth-order valence-electron chi connectivity index (χ4n) is 4.59. The molecule has 2 heterocycles. The maximum Gasteiger partial charge on any atom is 0.293 e. The summed E-state index contributed by atoms with van der Waals surface area (Å²) in [5.41, 5.74) is 7.37. The highest BCUT2D eigenvalue weighted by molar-refractivity contribution is 6.04. The summed E-state index contributed by atoms with van der Waals surface area (Å²) in [7, 11) is 0. The lowest BCUT2D eigenvalue weighted by molar-refractivity contribution is -0.128. The predicted octanol–water partition coefficient (Wildman–Crippen LogP) is 4.08. The van der Waals surface area contributed by atoms with E-state index in [2.05, 4.69) is 57.6 Å². The number of imidazole rings is 1. The van der Waals surface area contributed by atoms with Gasteiger partial charge in [-0.05, 0) is 57.4 Å². The van der Waals surface area contributed by atoms with Crippen LogP contribution < -0.4 is 17.1 Å². The van der Waals surface area contributed by atoms with Crippen molar-refractivity contribution in [2.75, 3.05) is 6.61 Å². The van der Waals surface area contributed by atoms with E-state index in [0.717, 1.165) is 52.3 Å². The highest BCUT2D eigenvalue weighted by Crippen LogP contribution is 2.27. The largest absolute Gasteiger partial charge is 0.460 e. The molecule has 0 atom stereocenters. The van der Waals surface area contributed by atoms with Crippen LogP contribution >= 0.6 is 0 Å². The molecule has 0 unspecified atom stereocenters. The minimum Gasteiger partial charge on any atom is -0.460 e. The van der Waals surface area contributed by atoms with Crippen molar-refractivity contribution in [3.05, 3.63) is 101 Å². The summed E-state index contributed by atoms with van der Waals surface area (Å²) in [6.07, 6.45) is 1.87. The number of hydrogen-bond donors (Lipinski definition) is 4. The van der Waals surface area contributed by atoms with Crippen molar-refractivity contribution in [3.8, 4) is 11.1 Å². The van der Waals surface area contributed by atoms with Gasteiger partial charge >= 0.3 is 0 Å². The molecule has 1 aromatic heterocycles. The lowest BCUT2D eigenvalue weighted by atomic mass is 9.98. The van der Waals surface area contributed by atoms with Crippen molar-refractivity contribution in [3.63, 3.8) is 0 Å². The van der Waals surface area contributed by atoms with Crippen LogP contribution in [0.2, 0.25) is 0 Å². The highest BCUT2D eigenvalue weighted by Gasteiger charge is 2.25. The summed E-state index contributed by atoms with van der Waals surface area (Å²) in [4.78, 5) is 14.5. The Hall–Kier alpha value is -4.61. The van der Waals surface area contributed by atoms with Gasteiger partial charge in [0.05, 0.1) is 5.69 Å². The molecule has 0 radical (unpaired) electrons. The Bertz CT molecular complexity index is 1450. The standard InChI is InChI=1S/C24H32N6O.C7H8O4/c1-5-8-21-27-22(24(3,4)31)16(2)30(21)15-17-11-13-18(14-12-17)19-9-6-7-10-20(19)23(28-25)29-26;1-5-7(3-9-4-8)11-6(2)10-5/h6-7,9-14,31H,5,8,15,25-26H2,1-4H3,(H,28,29);4H,2-3H2,1H3. The summed E-state index contributed by atoms with van der Waals surface area (Å²) >= 11 is 0. The summed E-state index contributed by atoms with van der Waals surface area (Å²) in [6.45, 7) is 14.0. The molecule has 0 fully saturated rings. The zero-order chi connectivity index (χ0) is 30.9. The van der Waals surface area contributed by atoms with E-state index in [1.54, 1.807) is 20.8 Å². The van der Waals surface area contributed by atoms with Crippen molar-refractivity contribution in [2.24, 2.45) is 16.8 Å². The monoisotopic (exact) mass is 576 g/mol. The van der Waals surface area contributed by atoms with Crippen LogP contribution in [-0.4, -0.2) is 33.6 Å². The molecule has 1 aliphatic heterocycles. The van der Waals surface area contributed by atoms with Crippen LogP contribution in [0, 0.1) is 6.92 Å². The molecule has 2 aromatic carbocycles. The van der Waals surface area contributed by atoms with Gasteiger partial charge in [-0.3, -0.25) is 4.79 Å². The molecule has 4 rings (SSSR count). The molecule has 42 heavy (non-hydrogen) atoms. The van der Waals surface area contributed by atoms with Crippen molar-refractivity contribution >= 4 is 12.3 Å². The van der Waals surface area contributed by atoms with Crippen LogP contribution in [0.5, 0.6) is 0 Å². The molecule has 0 amide bonds. The van der Waals surface area contributed by atoms with Crippen molar-refractivity contribution in [2.45, 2.75) is 59.6 Å². The first-order valence-electron chi connectivity index (χ1n) is 13.6. The van der Waals surface area contributed by atoms with E-state index in [0.29, 0.717) is 30.4 Å². The Balaban J connectivity index is 0.000000369. The number of aliphatic hydroxyl groups is 1. The Morgan fingerprint density at radius 1 is 1.19 bits per heavy atom. The van der Waals surface area contributed by atoms with E-state index in [1.807, 2.05) is 31.2 Å². The van der Waals surface area contributed by atoms with Gasteiger partial charge in [0.15, 0.2) is 18.2 Å². The van der Waals surface area contributed by atoms with Crippen LogP contribution in [0.1, 0.15) is 62.5 Å². The number of benzene rings is 2. The Morgan fingerprint density at radius 3 is 2.43 bits per heavy atom. The van der Waals surface area contributed by atoms with Gasteiger partial charge in [-0.25, -0.2) is 10.8 Å². The van der Waals surface area contributed by atoms with Gasteiger partial charge in [0.2, 0.25) is 0 Å². The molecule has 11 heteroatoms. The van der Waals surface area contributed by atoms with Gasteiger partial charge in [0.1, 0.15) is 17.2 Å². The van der Waals surface area contributed by atoms with Crippen LogP contribution in [0.3, 0.4) is 0 Å². The lowest BCUT2D eigenvalue weighted by Crippen LogP contribution is -2.32. The van der Waals surface area contributed by atoms with E-state index < -0.39 is 5.60 Å². The average molecular weight is 577 g/mol. The lowest BCUT2D eigenvalue weighted by Gasteiger charge is -2.16. The molecular weight excluding hydrogens is 536 g/mol. The third-order valence-corrected chi connectivity index (χ3v) is 6.59. The van der Waals surface area contributed by atoms with E-state index in [4.69, 9.17) is 26.1 Å². The van der Waals surface area contributed by atoms with E-state index in [1.165, 1.54) is 0 Å². The zero-order valence-electron chi connectivity index (χ0n) is 24.8. The van der Waals surface area contributed by atoms with Crippen molar-refractivity contribution < 1.29 is 24.1 Å². The van der Waals surface area contributed by atoms with Gasteiger partial charge < -0.3 is 35.2 Å². The number of aromatic nitrogens is 2. The third kappa shape index (κ3) is 7.77. The molecule has 0 aliphatic carbocycles. The molecule has 11 nitrogen and oxygen atoms in total. The number of aryl methyl sites for hydroxylation is 1. The molecule has 0 saturated carbocycles. The van der Waals surface area contributed by atoms with E-state index in [9.17, 15) is 9.90 Å². The SMILES string of the molecule is C=C1OC(C)=C(COC=O)O1.CCCc1nc(C(C)(C)O)c(C)n1Cc1ccc(-c2ccccc2/C(=N/N)NN)cc1. The molecule has 3 aromatic rings. The minimum absolute atomic E-state index is 0.0916. The number of amidine groups is 1. The first-order valence-corrected chi connectivity index (χ1v) is 13.6.